The summed E-state index contributed by atoms with van der Waals surface area (Å²) >= 11 is 0. The fraction of sp³-hybridized carbons (Fsp3) is 0.250. The van der Waals surface area contributed by atoms with Gasteiger partial charge in [-0.15, -0.1) is 0 Å². The van der Waals surface area contributed by atoms with Gasteiger partial charge in [-0.1, -0.05) is 18.2 Å². The molecule has 2 heteroatoms. The average molecular weight is 187 g/mol. The number of carbonyl (C=O) groups excluding carboxylic acids is 1. The van der Waals surface area contributed by atoms with Gasteiger partial charge in [0.2, 0.25) is 0 Å². The molecule has 0 unspecified atom stereocenters. The minimum Gasteiger partial charge on any atom is -0.341 e. The zero-order chi connectivity index (χ0) is 10.3. The fourth-order valence-corrected chi connectivity index (χ4v) is 2.08. The number of para-hydroxylation sites is 1. The monoisotopic (exact) mass is 187 g/mol. The van der Waals surface area contributed by atoms with Crippen molar-refractivity contribution < 1.29 is 4.79 Å². The number of aromatic nitrogens is 1. The van der Waals surface area contributed by atoms with Crippen LogP contribution in [0.3, 0.4) is 0 Å². The molecule has 0 aliphatic carbocycles. The van der Waals surface area contributed by atoms with Crippen LogP contribution in [0.1, 0.15) is 21.6 Å². The number of aldehydes is 1. The van der Waals surface area contributed by atoms with Crippen molar-refractivity contribution in [1.82, 2.24) is 4.57 Å². The Kier molecular flexibility index (Phi) is 1.92. The van der Waals surface area contributed by atoms with Gasteiger partial charge in [0.25, 0.3) is 0 Å². The molecule has 1 aromatic carbocycles. The summed E-state index contributed by atoms with van der Waals surface area (Å²) in [5, 5.41) is 1.18. The third-order valence-electron chi connectivity index (χ3n) is 2.83. The van der Waals surface area contributed by atoms with E-state index < -0.39 is 0 Å². The summed E-state index contributed by atoms with van der Waals surface area (Å²) in [6, 6.07) is 6.15. The number of aryl methyl sites for hydroxylation is 3. The van der Waals surface area contributed by atoms with Crippen LogP contribution in [0.15, 0.2) is 18.2 Å². The van der Waals surface area contributed by atoms with Crippen LogP contribution >= 0.6 is 0 Å². The van der Waals surface area contributed by atoms with Gasteiger partial charge in [-0.3, -0.25) is 4.79 Å². The first-order valence-electron chi connectivity index (χ1n) is 4.66. The molecule has 1 aromatic heterocycles. The van der Waals surface area contributed by atoms with E-state index in [1.54, 1.807) is 0 Å². The number of benzene rings is 1. The van der Waals surface area contributed by atoms with Crippen LogP contribution in [0.25, 0.3) is 10.9 Å². The summed E-state index contributed by atoms with van der Waals surface area (Å²) in [4.78, 5) is 10.9. The molecule has 0 aliphatic heterocycles. The molecule has 72 valence electrons. The van der Waals surface area contributed by atoms with Crippen LogP contribution in [-0.2, 0) is 7.05 Å². The van der Waals surface area contributed by atoms with E-state index in [-0.39, 0.29) is 0 Å². The van der Waals surface area contributed by atoms with Crippen molar-refractivity contribution in [1.29, 1.82) is 0 Å². The van der Waals surface area contributed by atoms with Crippen molar-refractivity contribution in [2.24, 2.45) is 7.05 Å². The summed E-state index contributed by atoms with van der Waals surface area (Å²) in [6.07, 6.45) is 0.925. The van der Waals surface area contributed by atoms with E-state index in [0.717, 1.165) is 23.1 Å². The third kappa shape index (κ3) is 1.00. The van der Waals surface area contributed by atoms with Gasteiger partial charge < -0.3 is 4.57 Å². The quantitative estimate of drug-likeness (QED) is 0.629. The van der Waals surface area contributed by atoms with Gasteiger partial charge >= 0.3 is 0 Å². The summed E-state index contributed by atoms with van der Waals surface area (Å²) in [5.41, 5.74) is 4.21. The number of carbonyl (C=O) groups is 1. The molecule has 0 N–H and O–H groups in total. The Balaban J connectivity index is 3.01. The molecule has 14 heavy (non-hydrogen) atoms. The topological polar surface area (TPSA) is 22.0 Å². The van der Waals surface area contributed by atoms with Crippen molar-refractivity contribution in [3.63, 3.8) is 0 Å². The van der Waals surface area contributed by atoms with E-state index in [1.165, 1.54) is 10.9 Å². The molecule has 0 radical (unpaired) electrons. The lowest BCUT2D eigenvalue weighted by atomic mass is 10.1. The molecular weight excluding hydrogens is 174 g/mol. The van der Waals surface area contributed by atoms with Crippen LogP contribution in [0.5, 0.6) is 0 Å². The predicted octanol–water partition coefficient (Wildman–Crippen LogP) is 2.61. The van der Waals surface area contributed by atoms with Gasteiger partial charge in [-0.05, 0) is 25.0 Å². The van der Waals surface area contributed by atoms with E-state index in [0.29, 0.717) is 0 Å². The Bertz CT molecular complexity index is 509. The van der Waals surface area contributed by atoms with Crippen LogP contribution in [0, 0.1) is 13.8 Å². The highest BCUT2D eigenvalue weighted by atomic mass is 16.1. The molecule has 2 aromatic rings. The third-order valence-corrected chi connectivity index (χ3v) is 2.83. The van der Waals surface area contributed by atoms with Crippen LogP contribution < -0.4 is 0 Å². The lowest BCUT2D eigenvalue weighted by molar-refractivity contribution is 0.111. The van der Waals surface area contributed by atoms with Crippen LogP contribution in [0.2, 0.25) is 0 Å². The standard InChI is InChI=1S/C12H13NO/c1-8-5-4-6-10-9(2)11(7-14)13(3)12(8)10/h4-7H,1-3H3. The Morgan fingerprint density at radius 1 is 1.29 bits per heavy atom. The number of hydrogen-bond donors (Lipinski definition) is 0. The molecule has 0 saturated carbocycles. The molecule has 0 aliphatic rings. The van der Waals surface area contributed by atoms with E-state index >= 15 is 0 Å². The van der Waals surface area contributed by atoms with Crippen LogP contribution in [0.4, 0.5) is 0 Å². The number of hydrogen-bond acceptors (Lipinski definition) is 1. The minimum absolute atomic E-state index is 0.773. The number of fused-ring (bicyclic) bond motifs is 1. The first-order chi connectivity index (χ1) is 6.66. The second-order valence-electron chi connectivity index (χ2n) is 3.66. The first kappa shape index (κ1) is 9.00. The Morgan fingerprint density at radius 3 is 2.57 bits per heavy atom. The highest BCUT2D eigenvalue weighted by molar-refractivity contribution is 5.94. The molecule has 0 atom stereocenters. The summed E-state index contributed by atoms with van der Waals surface area (Å²) < 4.78 is 1.97. The Labute approximate surface area is 83.2 Å². The molecule has 0 bridgehead atoms. The maximum atomic E-state index is 10.9. The molecule has 2 rings (SSSR count). The first-order valence-corrected chi connectivity index (χ1v) is 4.66. The zero-order valence-corrected chi connectivity index (χ0v) is 8.66. The van der Waals surface area contributed by atoms with Crippen LogP contribution in [-0.4, -0.2) is 10.9 Å². The van der Waals surface area contributed by atoms with E-state index in [2.05, 4.69) is 19.1 Å². The van der Waals surface area contributed by atoms with E-state index in [9.17, 15) is 4.79 Å². The minimum atomic E-state index is 0.773. The lowest BCUT2D eigenvalue weighted by Crippen LogP contribution is -1.95. The molecule has 0 fully saturated rings. The fourth-order valence-electron chi connectivity index (χ4n) is 2.08. The van der Waals surface area contributed by atoms with Crippen molar-refractivity contribution in [2.45, 2.75) is 13.8 Å². The number of nitrogens with zero attached hydrogens (tertiary/aromatic N) is 1. The van der Waals surface area contributed by atoms with Gasteiger partial charge in [-0.25, -0.2) is 0 Å². The van der Waals surface area contributed by atoms with Gasteiger partial charge in [0.15, 0.2) is 6.29 Å². The smallest absolute Gasteiger partial charge is 0.166 e. The van der Waals surface area contributed by atoms with E-state index in [1.807, 2.05) is 24.6 Å². The molecule has 1 heterocycles. The predicted molar refractivity (Wildman–Crippen MR) is 57.8 cm³/mol. The Hall–Kier alpha value is -1.57. The highest BCUT2D eigenvalue weighted by Gasteiger charge is 2.11. The summed E-state index contributed by atoms with van der Waals surface area (Å²) in [7, 11) is 1.94. The maximum Gasteiger partial charge on any atom is 0.166 e. The van der Waals surface area contributed by atoms with Crippen molar-refractivity contribution in [3.8, 4) is 0 Å². The van der Waals surface area contributed by atoms with Gasteiger partial charge in [-0.2, -0.15) is 0 Å². The zero-order valence-electron chi connectivity index (χ0n) is 8.66. The normalized spacial score (nSPS) is 10.8. The molecular formula is C12H13NO. The van der Waals surface area contributed by atoms with Gasteiger partial charge in [0.1, 0.15) is 0 Å². The van der Waals surface area contributed by atoms with E-state index in [4.69, 9.17) is 0 Å². The number of rotatable bonds is 1. The summed E-state index contributed by atoms with van der Waals surface area (Å²) in [5.74, 6) is 0. The molecule has 2 nitrogen and oxygen atoms in total. The second kappa shape index (κ2) is 2.98. The van der Waals surface area contributed by atoms with Crippen molar-refractivity contribution in [3.05, 3.63) is 35.0 Å². The maximum absolute atomic E-state index is 10.9. The van der Waals surface area contributed by atoms with Crippen molar-refractivity contribution >= 4 is 17.2 Å². The molecule has 0 saturated heterocycles. The average Bonchev–Trinajstić information content (AvgIpc) is 2.41. The molecule has 0 amide bonds. The molecule has 0 spiro atoms. The Morgan fingerprint density at radius 2 is 2.00 bits per heavy atom. The lowest BCUT2D eigenvalue weighted by Gasteiger charge is -2.00. The second-order valence-corrected chi connectivity index (χ2v) is 3.66. The van der Waals surface area contributed by atoms with Gasteiger partial charge in [0.05, 0.1) is 11.2 Å². The highest BCUT2D eigenvalue weighted by Crippen LogP contribution is 2.25. The largest absolute Gasteiger partial charge is 0.341 e. The van der Waals surface area contributed by atoms with Gasteiger partial charge in [0, 0.05) is 12.4 Å². The SMILES string of the molecule is Cc1c(C=O)n(C)c2c(C)cccc12. The van der Waals surface area contributed by atoms with Crippen molar-refractivity contribution in [2.75, 3.05) is 0 Å². The summed E-state index contributed by atoms with van der Waals surface area (Å²) in [6.45, 7) is 4.06.